The number of rotatable bonds is 6. The van der Waals surface area contributed by atoms with Crippen LogP contribution in [0.4, 0.5) is 16.2 Å². The number of carbonyl (C=O) groups is 3. The lowest BCUT2D eigenvalue weighted by atomic mass is 10.1. The van der Waals surface area contributed by atoms with Gasteiger partial charge in [-0.3, -0.25) is 9.59 Å². The Morgan fingerprint density at radius 1 is 0.912 bits per heavy atom. The number of urea groups is 1. The van der Waals surface area contributed by atoms with E-state index in [2.05, 4.69) is 27.9 Å². The molecule has 1 N–H and O–H groups in total. The highest BCUT2D eigenvalue weighted by atomic mass is 127. The first-order valence-corrected chi connectivity index (χ1v) is 12.3. The molecular formula is C24H17Cl3IN3O3. The maximum Gasteiger partial charge on any atom is 0.332 e. The van der Waals surface area contributed by atoms with Gasteiger partial charge in [0.25, 0.3) is 5.91 Å². The van der Waals surface area contributed by atoms with Gasteiger partial charge in [0, 0.05) is 20.8 Å². The van der Waals surface area contributed by atoms with Gasteiger partial charge in [-0.1, -0.05) is 46.9 Å². The first-order valence-electron chi connectivity index (χ1n) is 10.1. The topological polar surface area (TPSA) is 69.7 Å². The van der Waals surface area contributed by atoms with E-state index in [1.54, 1.807) is 42.5 Å². The van der Waals surface area contributed by atoms with Crippen LogP contribution in [0, 0.1) is 3.57 Å². The lowest BCUT2D eigenvalue weighted by molar-refractivity contribution is -0.124. The van der Waals surface area contributed by atoms with Crippen LogP contribution in [0.2, 0.25) is 15.1 Å². The maximum atomic E-state index is 13.4. The van der Waals surface area contributed by atoms with Crippen LogP contribution in [0.15, 0.2) is 66.7 Å². The van der Waals surface area contributed by atoms with Crippen molar-refractivity contribution in [1.82, 2.24) is 4.90 Å². The summed E-state index contributed by atoms with van der Waals surface area (Å²) >= 11 is 20.3. The molecule has 1 fully saturated rings. The monoisotopic (exact) mass is 627 g/mol. The molecule has 4 amide bonds. The van der Waals surface area contributed by atoms with E-state index in [-0.39, 0.29) is 29.6 Å². The lowest BCUT2D eigenvalue weighted by Gasteiger charge is -2.21. The van der Waals surface area contributed by atoms with Crippen LogP contribution >= 0.6 is 57.4 Å². The number of benzene rings is 3. The molecule has 0 radical (unpaired) electrons. The van der Waals surface area contributed by atoms with Crippen molar-refractivity contribution in [3.05, 3.63) is 90.9 Å². The van der Waals surface area contributed by atoms with Gasteiger partial charge < -0.3 is 10.2 Å². The third-order valence-electron chi connectivity index (χ3n) is 5.25. The number of carbonyl (C=O) groups excluding carboxylic acids is 3. The van der Waals surface area contributed by atoms with E-state index < -0.39 is 18.0 Å². The van der Waals surface area contributed by atoms with E-state index in [0.717, 1.165) is 14.0 Å². The molecule has 0 bridgehead atoms. The highest BCUT2D eigenvalue weighted by molar-refractivity contribution is 14.1. The smallest absolute Gasteiger partial charge is 0.326 e. The van der Waals surface area contributed by atoms with E-state index in [0.29, 0.717) is 15.7 Å². The van der Waals surface area contributed by atoms with Crippen LogP contribution in [0.25, 0.3) is 0 Å². The molecule has 0 saturated carbocycles. The molecule has 6 nitrogen and oxygen atoms in total. The average Bonchev–Trinajstić information content (AvgIpc) is 3.02. The fraction of sp³-hybridized carbons (Fsp3) is 0.125. The summed E-state index contributed by atoms with van der Waals surface area (Å²) in [4.78, 5) is 42.0. The van der Waals surface area contributed by atoms with Crippen LogP contribution in [0.5, 0.6) is 0 Å². The number of anilines is 2. The standard InChI is InChI=1S/C24H17Cl3IN3O3/c25-15-3-1-14(2-4-15)13-30-21(12-22(32)29-17-7-5-16(28)6-8-17)23(33)31(24(30)34)18-9-10-19(26)20(27)11-18/h1-11,21H,12-13H2,(H,29,32)/t21-/m0/s1. The number of hydrogen-bond donors (Lipinski definition) is 1. The molecule has 0 spiro atoms. The Morgan fingerprint density at radius 2 is 1.59 bits per heavy atom. The second-order valence-corrected chi connectivity index (χ2v) is 10.1. The molecular weight excluding hydrogens is 612 g/mol. The summed E-state index contributed by atoms with van der Waals surface area (Å²) in [7, 11) is 0. The number of halogens is 4. The van der Waals surface area contributed by atoms with Crippen LogP contribution in [-0.4, -0.2) is 28.8 Å². The van der Waals surface area contributed by atoms with Gasteiger partial charge in [0.05, 0.1) is 22.2 Å². The zero-order chi connectivity index (χ0) is 24.4. The van der Waals surface area contributed by atoms with Crippen molar-refractivity contribution in [3.8, 4) is 0 Å². The van der Waals surface area contributed by atoms with Crippen molar-refractivity contribution in [2.45, 2.75) is 19.0 Å². The zero-order valence-electron chi connectivity index (χ0n) is 17.5. The van der Waals surface area contributed by atoms with Crippen LogP contribution < -0.4 is 10.2 Å². The van der Waals surface area contributed by atoms with E-state index in [9.17, 15) is 14.4 Å². The lowest BCUT2D eigenvalue weighted by Crippen LogP contribution is -2.37. The largest absolute Gasteiger partial charge is 0.332 e. The Labute approximate surface area is 224 Å². The van der Waals surface area contributed by atoms with E-state index in [1.165, 1.54) is 17.0 Å². The maximum absolute atomic E-state index is 13.4. The van der Waals surface area contributed by atoms with Gasteiger partial charge in [0.15, 0.2) is 0 Å². The van der Waals surface area contributed by atoms with Gasteiger partial charge >= 0.3 is 6.03 Å². The Morgan fingerprint density at radius 3 is 2.24 bits per heavy atom. The summed E-state index contributed by atoms with van der Waals surface area (Å²) in [6.07, 6.45) is -0.206. The second kappa shape index (κ2) is 10.5. The molecule has 10 heteroatoms. The van der Waals surface area contributed by atoms with Gasteiger partial charge in [0.2, 0.25) is 5.91 Å². The van der Waals surface area contributed by atoms with Gasteiger partial charge in [-0.2, -0.15) is 0 Å². The van der Waals surface area contributed by atoms with E-state index >= 15 is 0 Å². The summed E-state index contributed by atoms with van der Waals surface area (Å²) < 4.78 is 1.03. The Balaban J connectivity index is 1.62. The summed E-state index contributed by atoms with van der Waals surface area (Å²) in [6.45, 7) is 0.126. The molecule has 1 aliphatic rings. The summed E-state index contributed by atoms with van der Waals surface area (Å²) in [5.74, 6) is -0.903. The molecule has 3 aromatic rings. The average molecular weight is 629 g/mol. The first kappa shape index (κ1) is 24.8. The van der Waals surface area contributed by atoms with E-state index in [1.807, 2.05) is 12.1 Å². The second-order valence-electron chi connectivity index (χ2n) is 7.58. The molecule has 1 saturated heterocycles. The minimum Gasteiger partial charge on any atom is -0.326 e. The molecule has 174 valence electrons. The molecule has 3 aromatic carbocycles. The fourth-order valence-electron chi connectivity index (χ4n) is 3.58. The predicted octanol–water partition coefficient (Wildman–Crippen LogP) is 6.62. The highest BCUT2D eigenvalue weighted by Gasteiger charge is 2.46. The van der Waals surface area contributed by atoms with Crippen molar-refractivity contribution in [1.29, 1.82) is 0 Å². The van der Waals surface area contributed by atoms with Crippen molar-refractivity contribution < 1.29 is 14.4 Å². The number of nitrogens with one attached hydrogen (secondary N) is 1. The fourth-order valence-corrected chi connectivity index (χ4v) is 4.36. The molecule has 0 aromatic heterocycles. The summed E-state index contributed by atoms with van der Waals surface area (Å²) in [5, 5.41) is 3.86. The van der Waals surface area contributed by atoms with Crippen LogP contribution in [0.1, 0.15) is 12.0 Å². The highest BCUT2D eigenvalue weighted by Crippen LogP contribution is 2.33. The quantitative estimate of drug-likeness (QED) is 0.247. The molecule has 1 aliphatic heterocycles. The summed E-state index contributed by atoms with van der Waals surface area (Å²) in [6, 6.07) is 17.2. The molecule has 0 aliphatic carbocycles. The number of imide groups is 1. The molecule has 1 atom stereocenters. The van der Waals surface area contributed by atoms with E-state index in [4.69, 9.17) is 34.8 Å². The van der Waals surface area contributed by atoms with Gasteiger partial charge in [-0.05, 0) is 82.8 Å². The van der Waals surface area contributed by atoms with Gasteiger partial charge in [-0.15, -0.1) is 0 Å². The Hall–Kier alpha value is -2.33. The minimum absolute atomic E-state index is 0.126. The third kappa shape index (κ3) is 5.49. The predicted molar refractivity (Wildman–Crippen MR) is 143 cm³/mol. The Kier molecular flexibility index (Phi) is 7.67. The first-order chi connectivity index (χ1) is 16.2. The van der Waals surface area contributed by atoms with Crippen molar-refractivity contribution in [3.63, 3.8) is 0 Å². The molecule has 34 heavy (non-hydrogen) atoms. The van der Waals surface area contributed by atoms with Crippen molar-refractivity contribution in [2.24, 2.45) is 0 Å². The SMILES string of the molecule is O=C(C[C@H]1C(=O)N(c2ccc(Cl)c(Cl)c2)C(=O)N1Cc1ccc(Cl)cc1)Nc1ccc(I)cc1. The molecule has 1 heterocycles. The van der Waals surface area contributed by atoms with Crippen molar-refractivity contribution >= 4 is 86.6 Å². The van der Waals surface area contributed by atoms with Gasteiger partial charge in [-0.25, -0.2) is 9.69 Å². The number of amides is 4. The molecule has 0 unspecified atom stereocenters. The summed E-state index contributed by atoms with van der Waals surface area (Å²) in [5.41, 5.74) is 1.66. The van der Waals surface area contributed by atoms with Gasteiger partial charge in [0.1, 0.15) is 6.04 Å². The van der Waals surface area contributed by atoms with Crippen molar-refractivity contribution in [2.75, 3.05) is 10.2 Å². The third-order valence-corrected chi connectivity index (χ3v) is 6.96. The zero-order valence-corrected chi connectivity index (χ0v) is 21.9. The molecule has 4 rings (SSSR count). The van der Waals surface area contributed by atoms with Crippen LogP contribution in [-0.2, 0) is 16.1 Å². The normalized spacial score (nSPS) is 15.7. The minimum atomic E-state index is -0.999. The number of hydrogen-bond acceptors (Lipinski definition) is 3. The Bertz CT molecular complexity index is 1250. The van der Waals surface area contributed by atoms with Crippen LogP contribution in [0.3, 0.4) is 0 Å². The number of nitrogens with zero attached hydrogens (tertiary/aromatic N) is 2.